The van der Waals surface area contributed by atoms with E-state index in [1.165, 1.54) is 0 Å². The lowest BCUT2D eigenvalue weighted by Crippen LogP contribution is -2.54. The van der Waals surface area contributed by atoms with Crippen LogP contribution < -0.4 is 0 Å². The quantitative estimate of drug-likeness (QED) is 0.108. The topological polar surface area (TPSA) is 135 Å². The Labute approximate surface area is 355 Å². The summed E-state index contributed by atoms with van der Waals surface area (Å²) in [6, 6.07) is 0. The average molecular weight is 841 g/mol. The van der Waals surface area contributed by atoms with E-state index in [0.29, 0.717) is 35.4 Å². The lowest BCUT2D eigenvalue weighted by molar-refractivity contribution is -0.168. The van der Waals surface area contributed by atoms with Gasteiger partial charge in [-0.3, -0.25) is 19.2 Å². The molecule has 0 amide bonds. The van der Waals surface area contributed by atoms with Gasteiger partial charge in [-0.25, -0.2) is 0 Å². The van der Waals surface area contributed by atoms with Gasteiger partial charge in [-0.05, 0) is 122 Å². The van der Waals surface area contributed by atoms with Gasteiger partial charge in [0.2, 0.25) is 8.32 Å². The molecule has 1 N–H and O–H groups in total. The maximum Gasteiger partial charge on any atom is 0.309 e. The molecule has 2 aliphatic heterocycles. The molecular formula is C47H88O10Si. The highest BCUT2D eigenvalue weighted by atomic mass is 28.4. The first-order chi connectivity index (χ1) is 26.8. The summed E-state index contributed by atoms with van der Waals surface area (Å²) >= 11 is 0. The number of cyclic esters (lactones) is 2. The third kappa shape index (κ3) is 18.3. The normalized spacial score (nSPS) is 27.2. The Balaban J connectivity index is 0.000000616. The van der Waals surface area contributed by atoms with Crippen molar-refractivity contribution in [3.05, 3.63) is 0 Å². The Morgan fingerprint density at radius 3 is 1.40 bits per heavy atom. The zero-order valence-corrected chi connectivity index (χ0v) is 40.9. The lowest BCUT2D eigenvalue weighted by atomic mass is 9.86. The molecular weight excluding hydrogens is 753 g/mol. The largest absolute Gasteiger partial charge is 0.460 e. The molecule has 58 heavy (non-hydrogen) atoms. The Kier molecular flexibility index (Phi) is 23.4. The number of carbonyl (C=O) groups excluding carboxylic acids is 4. The van der Waals surface area contributed by atoms with Crippen LogP contribution >= 0.6 is 0 Å². The van der Waals surface area contributed by atoms with E-state index in [0.717, 1.165) is 64.2 Å². The summed E-state index contributed by atoms with van der Waals surface area (Å²) in [6.45, 7) is 32.8. The minimum atomic E-state index is -2.15. The van der Waals surface area contributed by atoms with Gasteiger partial charge in [-0.2, -0.15) is 0 Å². The minimum absolute atomic E-state index is 0.0390. The van der Waals surface area contributed by atoms with Crippen LogP contribution in [-0.2, 0) is 42.6 Å². The number of hydrogen-bond acceptors (Lipinski definition) is 10. The van der Waals surface area contributed by atoms with Crippen LogP contribution in [0.25, 0.3) is 0 Å². The molecule has 2 heterocycles. The molecule has 2 rings (SSSR count). The van der Waals surface area contributed by atoms with Gasteiger partial charge in [-0.1, -0.05) is 93.9 Å². The monoisotopic (exact) mass is 841 g/mol. The van der Waals surface area contributed by atoms with Crippen molar-refractivity contribution in [2.75, 3.05) is 0 Å². The van der Waals surface area contributed by atoms with Crippen LogP contribution in [-0.4, -0.2) is 72.9 Å². The van der Waals surface area contributed by atoms with Crippen LogP contribution in [0.2, 0.25) is 16.6 Å². The first kappa shape index (κ1) is 54.0. The van der Waals surface area contributed by atoms with E-state index >= 15 is 0 Å². The number of rotatable bonds is 13. The van der Waals surface area contributed by atoms with Crippen LogP contribution in [0, 0.1) is 23.7 Å². The smallest absolute Gasteiger partial charge is 0.309 e. The second kappa shape index (κ2) is 25.1. The highest BCUT2D eigenvalue weighted by molar-refractivity contribution is 6.77. The van der Waals surface area contributed by atoms with Gasteiger partial charge >= 0.3 is 23.9 Å². The van der Waals surface area contributed by atoms with E-state index in [2.05, 4.69) is 55.4 Å². The number of carbonyl (C=O) groups is 4. The van der Waals surface area contributed by atoms with Gasteiger partial charge < -0.3 is 28.5 Å². The fourth-order valence-corrected chi connectivity index (χ4v) is 15.0. The minimum Gasteiger partial charge on any atom is -0.460 e. The van der Waals surface area contributed by atoms with Crippen LogP contribution in [0.3, 0.4) is 0 Å². The molecule has 340 valence electrons. The molecule has 0 aromatic heterocycles. The van der Waals surface area contributed by atoms with E-state index in [1.807, 2.05) is 48.5 Å². The number of aliphatic hydroxyl groups excluding tert-OH is 1. The van der Waals surface area contributed by atoms with Gasteiger partial charge in [0.25, 0.3) is 0 Å². The van der Waals surface area contributed by atoms with Crippen molar-refractivity contribution in [2.45, 2.75) is 253 Å². The molecule has 2 saturated heterocycles. The molecule has 2 fully saturated rings. The highest BCUT2D eigenvalue weighted by Crippen LogP contribution is 2.45. The molecule has 0 spiro atoms. The third-order valence-electron chi connectivity index (χ3n) is 11.9. The second-order valence-corrected chi connectivity index (χ2v) is 25.7. The summed E-state index contributed by atoms with van der Waals surface area (Å²) in [5, 5.41) is 10.5. The van der Waals surface area contributed by atoms with Gasteiger partial charge in [0.1, 0.15) is 23.4 Å². The molecule has 0 aromatic rings. The van der Waals surface area contributed by atoms with Gasteiger partial charge in [0.05, 0.1) is 36.9 Å². The maximum absolute atomic E-state index is 13.2. The summed E-state index contributed by atoms with van der Waals surface area (Å²) in [7, 11) is -2.15. The molecule has 0 unspecified atom stereocenters. The molecule has 8 atom stereocenters. The average Bonchev–Trinajstić information content (AvgIpc) is 3.07. The van der Waals surface area contributed by atoms with Crippen LogP contribution in [0.15, 0.2) is 0 Å². The van der Waals surface area contributed by atoms with Gasteiger partial charge in [0.15, 0.2) is 0 Å². The summed E-state index contributed by atoms with van der Waals surface area (Å²) < 4.78 is 29.6. The Bertz CT molecular complexity index is 1210. The zero-order chi connectivity index (χ0) is 44.6. The zero-order valence-electron chi connectivity index (χ0n) is 39.9. The number of aliphatic hydroxyl groups is 1. The third-order valence-corrected chi connectivity index (χ3v) is 18.0. The van der Waals surface area contributed by atoms with E-state index in [9.17, 15) is 24.3 Å². The van der Waals surface area contributed by atoms with Gasteiger partial charge in [0, 0.05) is 0 Å². The van der Waals surface area contributed by atoms with E-state index in [1.54, 1.807) is 6.92 Å². The Morgan fingerprint density at radius 1 is 0.655 bits per heavy atom. The Hall–Kier alpha value is -1.98. The molecule has 11 heteroatoms. The van der Waals surface area contributed by atoms with Crippen molar-refractivity contribution in [1.29, 1.82) is 0 Å². The molecule has 0 radical (unpaired) electrons. The van der Waals surface area contributed by atoms with E-state index in [-0.39, 0.29) is 48.9 Å². The molecule has 10 nitrogen and oxygen atoms in total. The summed E-state index contributed by atoms with van der Waals surface area (Å²) in [6.07, 6.45) is 9.61. The summed E-state index contributed by atoms with van der Waals surface area (Å²) in [5.41, 5.74) is 0.275. The Morgan fingerprint density at radius 2 is 1.02 bits per heavy atom. The fourth-order valence-electron chi connectivity index (χ4n) is 9.37. The van der Waals surface area contributed by atoms with Crippen molar-refractivity contribution >= 4 is 32.2 Å². The highest BCUT2D eigenvalue weighted by Gasteiger charge is 2.49. The molecule has 0 saturated carbocycles. The number of hydrogen-bond donors (Lipinski definition) is 1. The van der Waals surface area contributed by atoms with Crippen LogP contribution in [0.4, 0.5) is 0 Å². The molecule has 0 bridgehead atoms. The van der Waals surface area contributed by atoms with Crippen molar-refractivity contribution in [3.63, 3.8) is 0 Å². The van der Waals surface area contributed by atoms with Crippen LogP contribution in [0.1, 0.15) is 201 Å². The van der Waals surface area contributed by atoms with Crippen molar-refractivity contribution in [3.8, 4) is 0 Å². The predicted octanol–water partition coefficient (Wildman–Crippen LogP) is 11.4. The first-order valence-corrected chi connectivity index (χ1v) is 25.1. The molecule has 2 aliphatic rings. The van der Waals surface area contributed by atoms with E-state index in [4.69, 9.17) is 23.4 Å². The molecule has 0 aromatic carbocycles. The number of ether oxygens (including phenoxy) is 4. The fraction of sp³-hybridized carbons (Fsp3) is 0.915. The first-order valence-electron chi connectivity index (χ1n) is 23.0. The second-order valence-electron chi connectivity index (χ2n) is 20.3. The van der Waals surface area contributed by atoms with E-state index < -0.39 is 49.5 Å². The SMILES string of the molecule is CCC[C@H]1CCCC[C@H](CC(=O)OC(C)(C)C)C(=O)O[C@@H](C)[C@@H]1O.CCC[C@H]1CCCC[C@H](CC(=O)OC(C)(C)C)C(=O)O[C@@H](C)[C@@H]1O[Si](C(C)C)(C(C)C)C(C)C. The van der Waals surface area contributed by atoms with Crippen molar-refractivity contribution < 1.29 is 47.7 Å². The van der Waals surface area contributed by atoms with Crippen molar-refractivity contribution in [2.24, 2.45) is 23.7 Å². The standard InChI is InChI=1S/C28H54O5Si.C19H34O5/c1-12-15-23-16-13-14-17-24(18-25(29)32-28(9,10)11)27(30)31-22(8)26(23)33-34(19(2)3,20(4)5)21(6)7;1-6-9-14-10-7-8-11-15(12-16(20)24-19(3,4)5)18(22)23-13(2)17(14)21/h19-24,26H,12-18H2,1-11H3;13-15,17,21H,6-12H2,1-5H3/t22-,23-,24+,26-;13-,14-,15+,17-/m00/s1. The number of esters is 4. The van der Waals surface area contributed by atoms with Crippen molar-refractivity contribution in [1.82, 2.24) is 0 Å². The molecule has 0 aliphatic carbocycles. The van der Waals surface area contributed by atoms with Crippen LogP contribution in [0.5, 0.6) is 0 Å². The lowest BCUT2D eigenvalue weighted by Gasteiger charge is -2.47. The summed E-state index contributed by atoms with van der Waals surface area (Å²) in [5.74, 6) is -1.79. The summed E-state index contributed by atoms with van der Waals surface area (Å²) in [4.78, 5) is 50.2. The predicted molar refractivity (Wildman–Crippen MR) is 235 cm³/mol. The maximum atomic E-state index is 13.2. The van der Waals surface area contributed by atoms with Gasteiger partial charge in [-0.15, -0.1) is 0 Å².